The van der Waals surface area contributed by atoms with Gasteiger partial charge in [0.05, 0.1) is 28.8 Å². The van der Waals surface area contributed by atoms with Crippen LogP contribution in [0.3, 0.4) is 0 Å². The van der Waals surface area contributed by atoms with E-state index in [2.05, 4.69) is 0 Å². The average molecular weight is 408 g/mol. The molecule has 5 nitrogen and oxygen atoms in total. The predicted octanol–water partition coefficient (Wildman–Crippen LogP) is 4.26. The molecule has 1 saturated heterocycles. The van der Waals surface area contributed by atoms with Gasteiger partial charge in [0.1, 0.15) is 24.5 Å². The van der Waals surface area contributed by atoms with E-state index in [1.807, 2.05) is 12.1 Å². The fourth-order valence-corrected chi connectivity index (χ4v) is 3.01. The normalized spacial score (nSPS) is 19.1. The molecule has 0 radical (unpaired) electrons. The van der Waals surface area contributed by atoms with Crippen LogP contribution in [-0.2, 0) is 4.74 Å². The fraction of sp³-hybridized carbons (Fsp3) is 0.263. The van der Waals surface area contributed by atoms with Gasteiger partial charge >= 0.3 is 6.18 Å². The lowest BCUT2D eigenvalue weighted by Gasteiger charge is -2.26. The smallest absolute Gasteiger partial charge is 0.433 e. The second kappa shape index (κ2) is 7.97. The number of anilines is 1. The van der Waals surface area contributed by atoms with Gasteiger partial charge in [0.15, 0.2) is 0 Å². The Morgan fingerprint density at radius 3 is 2.43 bits per heavy atom. The highest BCUT2D eigenvalue weighted by Gasteiger charge is 2.51. The van der Waals surface area contributed by atoms with Gasteiger partial charge in [-0.25, -0.2) is 0 Å². The SMILES string of the molecule is N#Cc1ccc(OC[C@@H]2CN(c3ccc(C#N)c(Cl)c3)[C@H](C(F)(F)F)O2)cc1. The third-order valence-corrected chi connectivity index (χ3v) is 4.42. The summed E-state index contributed by atoms with van der Waals surface area (Å²) in [5.74, 6) is 0.422. The molecule has 2 aromatic carbocycles. The van der Waals surface area contributed by atoms with Crippen molar-refractivity contribution >= 4 is 17.3 Å². The summed E-state index contributed by atoms with van der Waals surface area (Å²) in [5.41, 5.74) is 0.826. The average Bonchev–Trinajstić information content (AvgIpc) is 3.11. The van der Waals surface area contributed by atoms with Gasteiger partial charge in [-0.3, -0.25) is 0 Å². The molecular formula is C19H13ClF3N3O2. The zero-order valence-corrected chi connectivity index (χ0v) is 15.0. The molecule has 0 aromatic heterocycles. The van der Waals surface area contributed by atoms with Gasteiger partial charge < -0.3 is 14.4 Å². The van der Waals surface area contributed by atoms with Crippen molar-refractivity contribution < 1.29 is 22.6 Å². The predicted molar refractivity (Wildman–Crippen MR) is 94.9 cm³/mol. The fourth-order valence-electron chi connectivity index (χ4n) is 2.79. The summed E-state index contributed by atoms with van der Waals surface area (Å²) in [5, 5.41) is 17.8. The number of nitrogens with zero attached hydrogens (tertiary/aromatic N) is 3. The number of hydrogen-bond donors (Lipinski definition) is 0. The van der Waals surface area contributed by atoms with Gasteiger partial charge in [0, 0.05) is 5.69 Å². The van der Waals surface area contributed by atoms with Crippen molar-refractivity contribution in [3.8, 4) is 17.9 Å². The number of halogens is 4. The van der Waals surface area contributed by atoms with Crippen LogP contribution in [0.1, 0.15) is 11.1 Å². The molecule has 0 aliphatic carbocycles. The molecular weight excluding hydrogens is 395 g/mol. The lowest BCUT2D eigenvalue weighted by Crippen LogP contribution is -2.42. The second-order valence-corrected chi connectivity index (χ2v) is 6.43. The number of nitriles is 2. The van der Waals surface area contributed by atoms with Crippen LogP contribution in [0.2, 0.25) is 5.02 Å². The molecule has 1 aliphatic rings. The first kappa shape index (κ1) is 19.8. The molecule has 144 valence electrons. The third-order valence-electron chi connectivity index (χ3n) is 4.11. The Bertz CT molecular complexity index is 935. The minimum absolute atomic E-state index is 0.0668. The van der Waals surface area contributed by atoms with Crippen LogP contribution < -0.4 is 9.64 Å². The molecule has 28 heavy (non-hydrogen) atoms. The molecule has 0 N–H and O–H groups in total. The zero-order valence-electron chi connectivity index (χ0n) is 14.3. The van der Waals surface area contributed by atoms with Crippen molar-refractivity contribution in [2.24, 2.45) is 0 Å². The number of hydrogen-bond acceptors (Lipinski definition) is 5. The molecule has 1 heterocycles. The molecule has 0 saturated carbocycles. The molecule has 0 unspecified atom stereocenters. The molecule has 2 aromatic rings. The van der Waals surface area contributed by atoms with Crippen LogP contribution in [-0.4, -0.2) is 31.7 Å². The van der Waals surface area contributed by atoms with Crippen LogP contribution in [0.25, 0.3) is 0 Å². The molecule has 3 rings (SSSR count). The van der Waals surface area contributed by atoms with E-state index in [1.54, 1.807) is 24.3 Å². The van der Waals surface area contributed by atoms with Gasteiger partial charge in [-0.1, -0.05) is 11.6 Å². The number of alkyl halides is 3. The molecule has 0 bridgehead atoms. The van der Waals surface area contributed by atoms with Gasteiger partial charge in [0.25, 0.3) is 0 Å². The highest BCUT2D eigenvalue weighted by Crippen LogP contribution is 2.36. The standard InChI is InChI=1S/C19H13ClF3N3O2/c20-17-7-14(4-3-13(17)9-25)26-10-16(28-18(26)19(21,22)23)11-27-15-5-1-12(8-24)2-6-15/h1-7,16,18H,10-11H2/t16-,18-/m0/s1. The lowest BCUT2D eigenvalue weighted by molar-refractivity contribution is -0.215. The summed E-state index contributed by atoms with van der Waals surface area (Å²) in [6.45, 7) is -0.165. The Morgan fingerprint density at radius 2 is 1.86 bits per heavy atom. The van der Waals surface area contributed by atoms with Crippen LogP contribution in [0.5, 0.6) is 5.75 Å². The van der Waals surface area contributed by atoms with Crippen molar-refractivity contribution in [1.82, 2.24) is 0 Å². The Morgan fingerprint density at radius 1 is 1.14 bits per heavy atom. The van der Waals surface area contributed by atoms with Crippen LogP contribution in [0.4, 0.5) is 18.9 Å². The highest BCUT2D eigenvalue weighted by atomic mass is 35.5. The summed E-state index contributed by atoms with van der Waals surface area (Å²) < 4.78 is 51.0. The van der Waals surface area contributed by atoms with Crippen molar-refractivity contribution in [2.75, 3.05) is 18.1 Å². The van der Waals surface area contributed by atoms with Gasteiger partial charge in [0.2, 0.25) is 6.23 Å². The summed E-state index contributed by atoms with van der Waals surface area (Å²) in [6, 6.07) is 14.1. The van der Waals surface area contributed by atoms with Crippen LogP contribution in [0, 0.1) is 22.7 Å². The summed E-state index contributed by atoms with van der Waals surface area (Å²) in [4.78, 5) is 1.04. The van der Waals surface area contributed by atoms with E-state index in [4.69, 9.17) is 31.6 Å². The highest BCUT2D eigenvalue weighted by molar-refractivity contribution is 6.32. The van der Waals surface area contributed by atoms with Gasteiger partial charge in [-0.15, -0.1) is 0 Å². The minimum Gasteiger partial charge on any atom is -0.491 e. The van der Waals surface area contributed by atoms with E-state index in [-0.39, 0.29) is 29.4 Å². The maximum atomic E-state index is 13.4. The van der Waals surface area contributed by atoms with E-state index >= 15 is 0 Å². The summed E-state index contributed by atoms with van der Waals surface area (Å²) >= 11 is 5.95. The van der Waals surface area contributed by atoms with E-state index in [9.17, 15) is 13.2 Å². The van der Waals surface area contributed by atoms with E-state index < -0.39 is 18.5 Å². The molecule has 1 aliphatic heterocycles. The summed E-state index contributed by atoms with van der Waals surface area (Å²) in [6.07, 6.45) is -7.61. The molecule has 0 spiro atoms. The van der Waals surface area contributed by atoms with Gasteiger partial charge in [-0.2, -0.15) is 23.7 Å². The molecule has 9 heteroatoms. The second-order valence-electron chi connectivity index (χ2n) is 6.03. The zero-order chi connectivity index (χ0) is 20.3. The van der Waals surface area contributed by atoms with Crippen LogP contribution in [0.15, 0.2) is 42.5 Å². The molecule has 1 fully saturated rings. The Labute approximate surface area is 164 Å². The first-order valence-electron chi connectivity index (χ1n) is 8.13. The maximum Gasteiger partial charge on any atom is 0.433 e. The topological polar surface area (TPSA) is 69.3 Å². The monoisotopic (exact) mass is 407 g/mol. The van der Waals surface area contributed by atoms with Crippen molar-refractivity contribution in [2.45, 2.75) is 18.5 Å². The Kier molecular flexibility index (Phi) is 5.64. The maximum absolute atomic E-state index is 13.4. The van der Waals surface area contributed by atoms with Crippen molar-refractivity contribution in [1.29, 1.82) is 10.5 Å². The van der Waals surface area contributed by atoms with E-state index in [0.717, 1.165) is 4.90 Å². The summed E-state index contributed by atoms with van der Waals surface area (Å²) in [7, 11) is 0. The Hall–Kier alpha value is -2.94. The largest absolute Gasteiger partial charge is 0.491 e. The first-order valence-corrected chi connectivity index (χ1v) is 8.51. The number of rotatable bonds is 4. The Balaban J connectivity index is 1.74. The number of benzene rings is 2. The van der Waals surface area contributed by atoms with E-state index in [0.29, 0.717) is 11.3 Å². The third kappa shape index (κ3) is 4.30. The molecule has 0 amide bonds. The quantitative estimate of drug-likeness (QED) is 0.757. The van der Waals surface area contributed by atoms with Gasteiger partial charge in [-0.05, 0) is 42.5 Å². The van der Waals surface area contributed by atoms with E-state index in [1.165, 1.54) is 18.2 Å². The van der Waals surface area contributed by atoms with Crippen molar-refractivity contribution in [3.63, 3.8) is 0 Å². The molecule has 2 atom stereocenters. The lowest BCUT2D eigenvalue weighted by atomic mass is 10.2. The number of ether oxygens (including phenoxy) is 2. The first-order chi connectivity index (χ1) is 13.3. The minimum atomic E-state index is -4.62. The van der Waals surface area contributed by atoms with Crippen LogP contribution >= 0.6 is 11.6 Å². The van der Waals surface area contributed by atoms with Crippen molar-refractivity contribution in [3.05, 3.63) is 58.6 Å².